The molecule has 0 aromatic carbocycles. The summed E-state index contributed by atoms with van der Waals surface area (Å²) in [4.78, 5) is 3.93. The maximum Gasteiger partial charge on any atom is 0.460 e. The van der Waals surface area contributed by atoms with E-state index in [1.807, 2.05) is 0 Å². The van der Waals surface area contributed by atoms with Crippen LogP contribution in [0.5, 0.6) is 0 Å². The lowest BCUT2D eigenvalue weighted by molar-refractivity contribution is 0.392. The van der Waals surface area contributed by atoms with Gasteiger partial charge in [-0.1, -0.05) is 0 Å². The van der Waals surface area contributed by atoms with Crippen LogP contribution in [0, 0.1) is 0 Å². The van der Waals surface area contributed by atoms with E-state index >= 15 is 0 Å². The first kappa shape index (κ1) is 6.77. The Labute approximate surface area is 54.6 Å². The third-order valence-electron chi connectivity index (χ3n) is 1.50. The Morgan fingerprint density at radius 1 is 1.56 bits per heavy atom. The molecule has 1 aliphatic rings. The van der Waals surface area contributed by atoms with Crippen molar-refractivity contribution in [3.8, 4) is 0 Å². The van der Waals surface area contributed by atoms with Crippen LogP contribution in [0.2, 0.25) is 5.82 Å². The first-order valence-electron chi connectivity index (χ1n) is 3.17. The molecular formula is C5H10BNO2. The van der Waals surface area contributed by atoms with Gasteiger partial charge < -0.3 is 10.0 Å². The van der Waals surface area contributed by atoms with Crippen LogP contribution >= 0.6 is 0 Å². The normalized spacial score (nSPS) is 26.2. The lowest BCUT2D eigenvalue weighted by atomic mass is 9.70. The van der Waals surface area contributed by atoms with Crippen molar-refractivity contribution >= 4 is 13.3 Å². The third kappa shape index (κ3) is 1.80. The SMILES string of the molecule is OB(O)C1C=NCCC1. The van der Waals surface area contributed by atoms with Crippen molar-refractivity contribution in [3.05, 3.63) is 0 Å². The van der Waals surface area contributed by atoms with Gasteiger partial charge in [-0.25, -0.2) is 0 Å². The van der Waals surface area contributed by atoms with Crippen molar-refractivity contribution in [1.82, 2.24) is 0 Å². The summed E-state index contributed by atoms with van der Waals surface area (Å²) in [6.07, 6.45) is 3.45. The molecule has 0 fully saturated rings. The second-order valence-corrected chi connectivity index (χ2v) is 2.27. The topological polar surface area (TPSA) is 52.8 Å². The summed E-state index contributed by atoms with van der Waals surface area (Å²) in [5, 5.41) is 17.3. The van der Waals surface area contributed by atoms with Gasteiger partial charge in [-0.15, -0.1) is 0 Å². The van der Waals surface area contributed by atoms with Gasteiger partial charge in [-0.3, -0.25) is 4.99 Å². The number of aliphatic imine (C=N–C) groups is 1. The van der Waals surface area contributed by atoms with Crippen molar-refractivity contribution in [2.45, 2.75) is 18.7 Å². The summed E-state index contributed by atoms with van der Waals surface area (Å²) >= 11 is 0. The van der Waals surface area contributed by atoms with Crippen molar-refractivity contribution in [3.63, 3.8) is 0 Å². The van der Waals surface area contributed by atoms with E-state index in [9.17, 15) is 0 Å². The Bertz CT molecular complexity index is 116. The molecule has 9 heavy (non-hydrogen) atoms. The average molecular weight is 127 g/mol. The summed E-state index contributed by atoms with van der Waals surface area (Å²) in [5.41, 5.74) is 0. The average Bonchev–Trinajstić information content (AvgIpc) is 1.90. The number of rotatable bonds is 1. The van der Waals surface area contributed by atoms with Crippen LogP contribution in [-0.4, -0.2) is 29.9 Å². The van der Waals surface area contributed by atoms with E-state index in [0.717, 1.165) is 19.4 Å². The molecule has 2 N–H and O–H groups in total. The molecular weight excluding hydrogens is 117 g/mol. The van der Waals surface area contributed by atoms with Crippen molar-refractivity contribution < 1.29 is 10.0 Å². The quantitative estimate of drug-likeness (QED) is 0.475. The number of hydrogen-bond acceptors (Lipinski definition) is 3. The van der Waals surface area contributed by atoms with E-state index in [0.29, 0.717) is 0 Å². The molecule has 1 aliphatic heterocycles. The highest BCUT2D eigenvalue weighted by Crippen LogP contribution is 2.15. The Hall–Kier alpha value is -0.345. The molecule has 0 radical (unpaired) electrons. The number of hydrogen-bond donors (Lipinski definition) is 2. The molecule has 1 heterocycles. The van der Waals surface area contributed by atoms with Crippen LogP contribution in [-0.2, 0) is 0 Å². The highest BCUT2D eigenvalue weighted by atomic mass is 16.4. The zero-order valence-corrected chi connectivity index (χ0v) is 5.20. The molecule has 4 heteroatoms. The van der Waals surface area contributed by atoms with Gasteiger partial charge in [0.05, 0.1) is 0 Å². The maximum absolute atomic E-state index is 8.64. The minimum Gasteiger partial charge on any atom is -0.427 e. The summed E-state index contributed by atoms with van der Waals surface area (Å²) in [5.74, 6) is -0.126. The van der Waals surface area contributed by atoms with Crippen molar-refractivity contribution in [2.24, 2.45) is 4.99 Å². The molecule has 0 spiro atoms. The minimum atomic E-state index is -1.21. The fourth-order valence-electron chi connectivity index (χ4n) is 0.929. The lowest BCUT2D eigenvalue weighted by Crippen LogP contribution is -2.23. The Morgan fingerprint density at radius 2 is 2.33 bits per heavy atom. The fourth-order valence-corrected chi connectivity index (χ4v) is 0.929. The Morgan fingerprint density at radius 3 is 2.67 bits per heavy atom. The van der Waals surface area contributed by atoms with E-state index in [4.69, 9.17) is 10.0 Å². The van der Waals surface area contributed by atoms with Crippen LogP contribution < -0.4 is 0 Å². The fraction of sp³-hybridized carbons (Fsp3) is 0.800. The van der Waals surface area contributed by atoms with Gasteiger partial charge in [0.25, 0.3) is 0 Å². The van der Waals surface area contributed by atoms with E-state index < -0.39 is 7.12 Å². The summed E-state index contributed by atoms with van der Waals surface area (Å²) in [7, 11) is -1.21. The zero-order chi connectivity index (χ0) is 6.69. The molecule has 1 rings (SSSR count). The van der Waals surface area contributed by atoms with Gasteiger partial charge in [-0.05, 0) is 19.1 Å². The first-order valence-corrected chi connectivity index (χ1v) is 3.17. The molecule has 0 aromatic rings. The van der Waals surface area contributed by atoms with Gasteiger partial charge in [0, 0.05) is 12.4 Å². The smallest absolute Gasteiger partial charge is 0.427 e. The summed E-state index contributed by atoms with van der Waals surface area (Å²) in [6, 6.07) is 0. The van der Waals surface area contributed by atoms with Gasteiger partial charge in [0.2, 0.25) is 0 Å². The van der Waals surface area contributed by atoms with E-state index in [-0.39, 0.29) is 5.82 Å². The Kier molecular flexibility index (Phi) is 2.25. The van der Waals surface area contributed by atoms with E-state index in [1.54, 1.807) is 6.21 Å². The second-order valence-electron chi connectivity index (χ2n) is 2.27. The predicted molar refractivity (Wildman–Crippen MR) is 36.5 cm³/mol. The summed E-state index contributed by atoms with van der Waals surface area (Å²) in [6.45, 7) is 0.837. The van der Waals surface area contributed by atoms with Crippen molar-refractivity contribution in [2.75, 3.05) is 6.54 Å². The third-order valence-corrected chi connectivity index (χ3v) is 1.50. The number of nitrogens with zero attached hydrogens (tertiary/aromatic N) is 1. The second kappa shape index (κ2) is 2.99. The van der Waals surface area contributed by atoms with Crippen LogP contribution in [0.1, 0.15) is 12.8 Å². The van der Waals surface area contributed by atoms with Crippen LogP contribution in [0.15, 0.2) is 4.99 Å². The van der Waals surface area contributed by atoms with Crippen LogP contribution in [0.25, 0.3) is 0 Å². The summed E-state index contributed by atoms with van der Waals surface area (Å²) < 4.78 is 0. The molecule has 0 aliphatic carbocycles. The molecule has 0 bridgehead atoms. The minimum absolute atomic E-state index is 0.126. The van der Waals surface area contributed by atoms with Crippen molar-refractivity contribution in [1.29, 1.82) is 0 Å². The highest BCUT2D eigenvalue weighted by molar-refractivity contribution is 6.47. The first-order chi connectivity index (χ1) is 4.30. The maximum atomic E-state index is 8.64. The van der Waals surface area contributed by atoms with Gasteiger partial charge >= 0.3 is 7.12 Å². The van der Waals surface area contributed by atoms with Gasteiger partial charge in [0.15, 0.2) is 0 Å². The van der Waals surface area contributed by atoms with E-state index in [2.05, 4.69) is 4.99 Å². The molecule has 0 saturated carbocycles. The lowest BCUT2D eigenvalue weighted by Gasteiger charge is -2.12. The van der Waals surface area contributed by atoms with Gasteiger partial charge in [0.1, 0.15) is 0 Å². The largest absolute Gasteiger partial charge is 0.460 e. The van der Waals surface area contributed by atoms with Gasteiger partial charge in [-0.2, -0.15) is 0 Å². The van der Waals surface area contributed by atoms with E-state index in [1.165, 1.54) is 0 Å². The molecule has 1 unspecified atom stereocenters. The monoisotopic (exact) mass is 127 g/mol. The van der Waals surface area contributed by atoms with Crippen LogP contribution in [0.3, 0.4) is 0 Å². The molecule has 1 atom stereocenters. The zero-order valence-electron chi connectivity index (χ0n) is 5.20. The molecule has 3 nitrogen and oxygen atoms in total. The molecule has 0 aromatic heterocycles. The Balaban J connectivity index is 2.40. The van der Waals surface area contributed by atoms with Crippen LogP contribution in [0.4, 0.5) is 0 Å². The standard InChI is InChI=1S/C5H10BNO2/c8-6(9)5-2-1-3-7-4-5/h4-5,8-9H,1-3H2. The highest BCUT2D eigenvalue weighted by Gasteiger charge is 2.22. The predicted octanol–water partition coefficient (Wildman–Crippen LogP) is -0.306. The molecule has 0 saturated heterocycles. The molecule has 50 valence electrons. The molecule has 0 amide bonds.